The number of hydrogen-bond acceptors (Lipinski definition) is 9. The number of hydrogen-bond donors (Lipinski definition) is 3. The number of aliphatic carboxylic acids is 1. The number of amides is 4. The summed E-state index contributed by atoms with van der Waals surface area (Å²) in [6.07, 6.45) is 1.69. The first kappa shape index (κ1) is 34.4. The lowest BCUT2D eigenvalue weighted by atomic mass is 9.49. The molecule has 3 fully saturated rings. The Morgan fingerprint density at radius 2 is 1.69 bits per heavy atom. The molecule has 3 aromatic rings. The van der Waals surface area contributed by atoms with Gasteiger partial charge in [-0.25, -0.2) is 0 Å². The normalized spacial score (nSPS) is 26.7. The van der Waals surface area contributed by atoms with Gasteiger partial charge in [0.2, 0.25) is 11.8 Å². The number of carboxylic acids is 1. The summed E-state index contributed by atoms with van der Waals surface area (Å²) in [6, 6.07) is 16.2. The first-order valence-electron chi connectivity index (χ1n) is 16.3. The number of aromatic hydroxyl groups is 1. The van der Waals surface area contributed by atoms with E-state index in [2.05, 4.69) is 5.43 Å². The monoisotopic (exact) mass is 733 g/mol. The Labute approximate surface area is 302 Å². The minimum absolute atomic E-state index is 0.0354. The number of halogens is 2. The van der Waals surface area contributed by atoms with Crippen LogP contribution in [0.1, 0.15) is 36.3 Å². The van der Waals surface area contributed by atoms with Crippen LogP contribution in [0.5, 0.6) is 17.2 Å². The van der Waals surface area contributed by atoms with Gasteiger partial charge in [-0.1, -0.05) is 53.1 Å². The van der Waals surface area contributed by atoms with Crippen LogP contribution in [0.15, 0.2) is 72.3 Å². The SMILES string of the molecule is COc1ccc([C@@]23C(=O)N(Nc4ccc(Cl)cc4Cl)C(=O)[C@@H]2C[C@@H]2C(=CC[C@@H]4C(=O)N(CCC(=O)O)C(=O)[C@@H]42)[C@@H]3c2ccc(O)c(OC)c2)cc1. The Hall–Kier alpha value is -5.07. The third-order valence-corrected chi connectivity index (χ3v) is 11.3. The van der Waals surface area contributed by atoms with Crippen LogP contribution in [-0.2, 0) is 29.4 Å². The van der Waals surface area contributed by atoms with Crippen molar-refractivity contribution < 1.29 is 43.7 Å². The minimum atomic E-state index is -1.60. The maximum absolute atomic E-state index is 15.3. The van der Waals surface area contributed by atoms with Crippen molar-refractivity contribution in [2.45, 2.75) is 30.6 Å². The maximum atomic E-state index is 15.3. The molecule has 12 nitrogen and oxygen atoms in total. The van der Waals surface area contributed by atoms with Crippen molar-refractivity contribution in [3.63, 3.8) is 0 Å². The molecule has 2 heterocycles. The fourth-order valence-corrected chi connectivity index (χ4v) is 9.04. The van der Waals surface area contributed by atoms with Gasteiger partial charge >= 0.3 is 5.97 Å². The first-order chi connectivity index (χ1) is 24.4. The van der Waals surface area contributed by atoms with Crippen molar-refractivity contribution >= 4 is 58.5 Å². The molecule has 2 saturated heterocycles. The fourth-order valence-electron chi connectivity index (χ4n) is 8.59. The molecular weight excluding hydrogens is 701 g/mol. The topological polar surface area (TPSA) is 163 Å². The van der Waals surface area contributed by atoms with Gasteiger partial charge in [-0.05, 0) is 72.4 Å². The molecule has 0 radical (unpaired) electrons. The summed E-state index contributed by atoms with van der Waals surface area (Å²) >= 11 is 12.6. The van der Waals surface area contributed by atoms with E-state index in [0.717, 1.165) is 9.91 Å². The van der Waals surface area contributed by atoms with Crippen molar-refractivity contribution in [1.29, 1.82) is 0 Å². The van der Waals surface area contributed by atoms with E-state index in [1.807, 2.05) is 6.08 Å². The number of nitrogens with zero attached hydrogens (tertiary/aromatic N) is 2. The van der Waals surface area contributed by atoms with Gasteiger partial charge in [-0.3, -0.25) is 34.3 Å². The summed E-state index contributed by atoms with van der Waals surface area (Å²) in [5.74, 6) is -6.95. The number of benzene rings is 3. The number of hydrazine groups is 1. The number of imide groups is 2. The van der Waals surface area contributed by atoms with Crippen LogP contribution in [-0.4, -0.2) is 70.5 Å². The van der Waals surface area contributed by atoms with Crippen LogP contribution in [0.4, 0.5) is 5.69 Å². The third-order valence-electron chi connectivity index (χ3n) is 10.8. The summed E-state index contributed by atoms with van der Waals surface area (Å²) in [6.45, 7) is -0.267. The van der Waals surface area contributed by atoms with Crippen molar-refractivity contribution in [2.24, 2.45) is 23.7 Å². The average molecular weight is 735 g/mol. The summed E-state index contributed by atoms with van der Waals surface area (Å²) < 4.78 is 10.9. The van der Waals surface area contributed by atoms with Gasteiger partial charge in [0, 0.05) is 17.5 Å². The lowest BCUT2D eigenvalue weighted by Crippen LogP contribution is -2.53. The average Bonchev–Trinajstić information content (AvgIpc) is 3.49. The van der Waals surface area contributed by atoms with Crippen LogP contribution in [0.2, 0.25) is 10.0 Å². The van der Waals surface area contributed by atoms with E-state index in [1.165, 1.54) is 26.4 Å². The number of methoxy groups -OCH3 is 2. The van der Waals surface area contributed by atoms with Gasteiger partial charge in [0.15, 0.2) is 11.5 Å². The number of rotatable bonds is 9. The van der Waals surface area contributed by atoms with E-state index < -0.39 is 71.0 Å². The highest BCUT2D eigenvalue weighted by molar-refractivity contribution is 6.36. The van der Waals surface area contributed by atoms with E-state index in [0.29, 0.717) is 27.5 Å². The number of carbonyl (C=O) groups is 5. The number of phenols is 1. The lowest BCUT2D eigenvalue weighted by molar-refractivity contribution is -0.143. The molecule has 264 valence electrons. The molecule has 6 atom stereocenters. The maximum Gasteiger partial charge on any atom is 0.305 e. The highest BCUT2D eigenvalue weighted by Gasteiger charge is 2.70. The zero-order valence-electron chi connectivity index (χ0n) is 27.5. The van der Waals surface area contributed by atoms with E-state index in [4.69, 9.17) is 32.7 Å². The molecule has 1 saturated carbocycles. The summed E-state index contributed by atoms with van der Waals surface area (Å²) in [5, 5.41) is 21.4. The number of carboxylic acid groups (broad SMARTS) is 1. The molecule has 3 N–H and O–H groups in total. The number of carbonyl (C=O) groups excluding carboxylic acids is 4. The molecule has 14 heteroatoms. The summed E-state index contributed by atoms with van der Waals surface area (Å²) in [4.78, 5) is 70.1. The lowest BCUT2D eigenvalue weighted by Gasteiger charge is -2.50. The Balaban J connectivity index is 1.44. The summed E-state index contributed by atoms with van der Waals surface area (Å²) in [7, 11) is 2.91. The van der Waals surface area contributed by atoms with Crippen LogP contribution < -0.4 is 14.9 Å². The molecule has 2 aliphatic carbocycles. The molecule has 2 aliphatic heterocycles. The van der Waals surface area contributed by atoms with Crippen LogP contribution in [0.25, 0.3) is 0 Å². The molecule has 4 aliphatic rings. The second kappa shape index (κ2) is 12.9. The Kier molecular flexibility index (Phi) is 8.71. The number of nitrogens with one attached hydrogen (secondary N) is 1. The van der Waals surface area contributed by atoms with Crippen molar-refractivity contribution in [3.05, 3.63) is 93.5 Å². The summed E-state index contributed by atoms with van der Waals surface area (Å²) in [5.41, 5.74) is 3.33. The van der Waals surface area contributed by atoms with Gasteiger partial charge < -0.3 is 19.7 Å². The number of anilines is 1. The largest absolute Gasteiger partial charge is 0.504 e. The molecule has 0 unspecified atom stereocenters. The van der Waals surface area contributed by atoms with Gasteiger partial charge in [0.1, 0.15) is 5.75 Å². The molecule has 0 aromatic heterocycles. The van der Waals surface area contributed by atoms with Crippen LogP contribution >= 0.6 is 23.2 Å². The molecule has 7 rings (SSSR count). The van der Waals surface area contributed by atoms with Crippen molar-refractivity contribution in [3.8, 4) is 17.2 Å². The van der Waals surface area contributed by atoms with E-state index in [9.17, 15) is 29.4 Å². The number of likely N-dealkylation sites (tertiary alicyclic amines) is 1. The first-order valence-corrected chi connectivity index (χ1v) is 17.1. The third kappa shape index (κ3) is 5.31. The van der Waals surface area contributed by atoms with Crippen molar-refractivity contribution in [1.82, 2.24) is 9.91 Å². The second-order valence-corrected chi connectivity index (χ2v) is 14.0. The van der Waals surface area contributed by atoms with Gasteiger partial charge in [-0.15, -0.1) is 0 Å². The van der Waals surface area contributed by atoms with E-state index in [1.54, 1.807) is 48.5 Å². The predicted octanol–water partition coefficient (Wildman–Crippen LogP) is 5.18. The molecular formula is C37H33Cl2N3O9. The van der Waals surface area contributed by atoms with E-state index >= 15 is 4.79 Å². The Morgan fingerprint density at radius 1 is 0.941 bits per heavy atom. The number of phenolic OH excluding ortho intramolecular Hbond substituents is 1. The quantitative estimate of drug-likeness (QED) is 0.197. The second-order valence-electron chi connectivity index (χ2n) is 13.1. The molecule has 3 aromatic carbocycles. The highest BCUT2D eigenvalue weighted by atomic mass is 35.5. The highest BCUT2D eigenvalue weighted by Crippen LogP contribution is 2.64. The predicted molar refractivity (Wildman–Crippen MR) is 184 cm³/mol. The number of ether oxygens (including phenoxy) is 2. The molecule has 4 amide bonds. The molecule has 0 bridgehead atoms. The molecule has 51 heavy (non-hydrogen) atoms. The van der Waals surface area contributed by atoms with Gasteiger partial charge in [0.25, 0.3) is 11.8 Å². The number of fused-ring (bicyclic) bond motifs is 4. The van der Waals surface area contributed by atoms with E-state index in [-0.39, 0.29) is 41.6 Å². The van der Waals surface area contributed by atoms with Crippen LogP contribution in [0, 0.1) is 23.7 Å². The standard InChI is InChI=1S/C37H33Cl2N3O9/c1-50-21-7-4-19(5-8-21)37-25(34(47)42(36(37)49)40-27-11-6-20(38)16-26(27)39)17-24-22(32(37)18-3-12-28(43)29(15-18)51-2)9-10-23-31(24)35(48)41(33(23)46)14-13-30(44)45/h3-9,11-12,15-16,23-25,31-32,40,43H,10,13-14,17H2,1-2H3,(H,44,45)/t23-,24+,25-,31-,32-,37+/m0/s1. The van der Waals surface area contributed by atoms with Crippen LogP contribution in [0.3, 0.4) is 0 Å². The Morgan fingerprint density at radius 3 is 2.35 bits per heavy atom. The number of allylic oxidation sites excluding steroid dienone is 2. The van der Waals surface area contributed by atoms with Crippen molar-refractivity contribution in [2.75, 3.05) is 26.2 Å². The zero-order chi connectivity index (χ0) is 36.4. The van der Waals surface area contributed by atoms with Gasteiger partial charge in [-0.2, -0.15) is 5.01 Å². The zero-order valence-corrected chi connectivity index (χ0v) is 29.0. The van der Waals surface area contributed by atoms with Gasteiger partial charge in [0.05, 0.1) is 54.5 Å². The molecule has 0 spiro atoms. The Bertz CT molecular complexity index is 2020. The minimum Gasteiger partial charge on any atom is -0.504 e. The fraction of sp³-hybridized carbons (Fsp3) is 0.324. The smallest absolute Gasteiger partial charge is 0.305 e.